The van der Waals surface area contributed by atoms with Crippen LogP contribution in [0.1, 0.15) is 30.9 Å². The zero-order valence-corrected chi connectivity index (χ0v) is 11.2. The molecule has 0 saturated carbocycles. The van der Waals surface area contributed by atoms with E-state index in [9.17, 15) is 13.2 Å². The molecular formula is C14H16F3NO2. The summed E-state index contributed by atoms with van der Waals surface area (Å²) in [5.41, 5.74) is -1.39. The summed E-state index contributed by atoms with van der Waals surface area (Å²) in [6, 6.07) is 4.68. The monoisotopic (exact) mass is 287 g/mol. The predicted molar refractivity (Wildman–Crippen MR) is 67.4 cm³/mol. The van der Waals surface area contributed by atoms with E-state index in [4.69, 9.17) is 14.7 Å². The number of benzene rings is 1. The van der Waals surface area contributed by atoms with Gasteiger partial charge in [-0.25, -0.2) is 0 Å². The Morgan fingerprint density at radius 3 is 2.55 bits per heavy atom. The highest BCUT2D eigenvalue weighted by atomic mass is 19.4. The van der Waals surface area contributed by atoms with E-state index in [0.29, 0.717) is 13.2 Å². The van der Waals surface area contributed by atoms with Gasteiger partial charge in [-0.15, -0.1) is 0 Å². The highest BCUT2D eigenvalue weighted by Gasteiger charge is 2.33. The molecule has 0 unspecified atom stereocenters. The quantitative estimate of drug-likeness (QED) is 0.717. The molecule has 20 heavy (non-hydrogen) atoms. The number of hydrogen-bond donors (Lipinski definition) is 0. The first-order valence-corrected chi connectivity index (χ1v) is 6.31. The summed E-state index contributed by atoms with van der Waals surface area (Å²) in [7, 11) is 0. The van der Waals surface area contributed by atoms with Crippen LogP contribution in [0, 0.1) is 11.3 Å². The topological polar surface area (TPSA) is 42.2 Å². The third-order valence-electron chi connectivity index (χ3n) is 2.56. The minimum atomic E-state index is -4.53. The van der Waals surface area contributed by atoms with Crippen molar-refractivity contribution >= 4 is 0 Å². The summed E-state index contributed by atoms with van der Waals surface area (Å²) in [5.74, 6) is 0.230. The Labute approximate surface area is 115 Å². The lowest BCUT2D eigenvalue weighted by atomic mass is 10.1. The second-order valence-electron chi connectivity index (χ2n) is 4.13. The van der Waals surface area contributed by atoms with Crippen molar-refractivity contribution in [2.24, 2.45) is 0 Å². The Bertz CT molecular complexity index is 466. The van der Waals surface area contributed by atoms with Crippen LogP contribution in [-0.4, -0.2) is 19.8 Å². The van der Waals surface area contributed by atoms with Crippen molar-refractivity contribution in [3.8, 4) is 11.8 Å². The Morgan fingerprint density at radius 2 is 1.95 bits per heavy atom. The van der Waals surface area contributed by atoms with Gasteiger partial charge in [-0.05, 0) is 24.6 Å². The zero-order valence-electron chi connectivity index (χ0n) is 11.2. The van der Waals surface area contributed by atoms with Crippen molar-refractivity contribution in [2.45, 2.75) is 25.9 Å². The van der Waals surface area contributed by atoms with E-state index < -0.39 is 17.3 Å². The molecule has 0 amide bonds. The molecule has 3 nitrogen and oxygen atoms in total. The van der Waals surface area contributed by atoms with Crippen molar-refractivity contribution in [2.75, 3.05) is 19.8 Å². The van der Waals surface area contributed by atoms with Crippen molar-refractivity contribution in [1.29, 1.82) is 5.26 Å². The molecule has 0 aliphatic carbocycles. The Hall–Kier alpha value is -1.74. The average Bonchev–Trinajstić information content (AvgIpc) is 2.41. The van der Waals surface area contributed by atoms with Gasteiger partial charge in [-0.2, -0.15) is 18.4 Å². The summed E-state index contributed by atoms with van der Waals surface area (Å²) in [4.78, 5) is 0. The third kappa shape index (κ3) is 5.10. The van der Waals surface area contributed by atoms with Crippen molar-refractivity contribution < 1.29 is 22.6 Å². The summed E-state index contributed by atoms with van der Waals surface area (Å²) in [6.07, 6.45) is -2.54. The SMILES string of the molecule is CCCCOCCOc1ccc(C(F)(F)F)c(C#N)c1. The van der Waals surface area contributed by atoms with Crippen LogP contribution in [0.25, 0.3) is 0 Å². The van der Waals surface area contributed by atoms with Gasteiger partial charge in [0.2, 0.25) is 0 Å². The largest absolute Gasteiger partial charge is 0.491 e. The van der Waals surface area contributed by atoms with Crippen molar-refractivity contribution in [3.05, 3.63) is 29.3 Å². The molecular weight excluding hydrogens is 271 g/mol. The maximum absolute atomic E-state index is 12.6. The average molecular weight is 287 g/mol. The lowest BCUT2D eigenvalue weighted by molar-refractivity contribution is -0.137. The van der Waals surface area contributed by atoms with E-state index >= 15 is 0 Å². The first-order valence-electron chi connectivity index (χ1n) is 6.31. The summed E-state index contributed by atoms with van der Waals surface area (Å²) in [6.45, 7) is 3.28. The van der Waals surface area contributed by atoms with E-state index in [-0.39, 0.29) is 12.4 Å². The van der Waals surface area contributed by atoms with E-state index in [1.807, 2.05) is 6.92 Å². The molecule has 0 heterocycles. The van der Waals surface area contributed by atoms with Gasteiger partial charge < -0.3 is 9.47 Å². The summed E-state index contributed by atoms with van der Waals surface area (Å²) < 4.78 is 48.3. The number of halogens is 3. The van der Waals surface area contributed by atoms with E-state index in [1.54, 1.807) is 0 Å². The van der Waals surface area contributed by atoms with Gasteiger partial charge >= 0.3 is 6.18 Å². The highest BCUT2D eigenvalue weighted by molar-refractivity contribution is 5.44. The third-order valence-corrected chi connectivity index (χ3v) is 2.56. The minimum Gasteiger partial charge on any atom is -0.491 e. The van der Waals surface area contributed by atoms with Crippen LogP contribution < -0.4 is 4.74 Å². The fraction of sp³-hybridized carbons (Fsp3) is 0.500. The molecule has 1 rings (SSSR count). The molecule has 1 aromatic rings. The van der Waals surface area contributed by atoms with Gasteiger partial charge in [-0.3, -0.25) is 0 Å². The fourth-order valence-electron chi connectivity index (χ4n) is 1.52. The van der Waals surface area contributed by atoms with Gasteiger partial charge in [0.25, 0.3) is 0 Å². The zero-order chi connectivity index (χ0) is 15.0. The second kappa shape index (κ2) is 7.75. The fourth-order valence-corrected chi connectivity index (χ4v) is 1.52. The molecule has 1 aromatic carbocycles. The van der Waals surface area contributed by atoms with Gasteiger partial charge in [-0.1, -0.05) is 13.3 Å². The molecule has 0 aliphatic rings. The van der Waals surface area contributed by atoms with Gasteiger partial charge in [0, 0.05) is 6.61 Å². The van der Waals surface area contributed by atoms with Crippen LogP contribution in [0.2, 0.25) is 0 Å². The van der Waals surface area contributed by atoms with Gasteiger partial charge in [0.1, 0.15) is 12.4 Å². The number of nitriles is 1. The van der Waals surface area contributed by atoms with Crippen LogP contribution in [-0.2, 0) is 10.9 Å². The Kier molecular flexibility index (Phi) is 6.32. The molecule has 110 valence electrons. The van der Waals surface area contributed by atoms with E-state index in [2.05, 4.69) is 0 Å². The number of hydrogen-bond acceptors (Lipinski definition) is 3. The maximum atomic E-state index is 12.6. The van der Waals surface area contributed by atoms with Gasteiger partial charge in [0.05, 0.1) is 23.8 Å². The normalized spacial score (nSPS) is 11.2. The molecule has 0 fully saturated rings. The van der Waals surface area contributed by atoms with Crippen molar-refractivity contribution in [1.82, 2.24) is 0 Å². The smallest absolute Gasteiger partial charge is 0.417 e. The van der Waals surface area contributed by atoms with Gasteiger partial charge in [0.15, 0.2) is 0 Å². The van der Waals surface area contributed by atoms with Crippen LogP contribution >= 0.6 is 0 Å². The lowest BCUT2D eigenvalue weighted by Gasteiger charge is -2.11. The first kappa shape index (κ1) is 16.3. The lowest BCUT2D eigenvalue weighted by Crippen LogP contribution is -2.10. The molecule has 0 aromatic heterocycles. The maximum Gasteiger partial charge on any atom is 0.417 e. The molecule has 0 radical (unpaired) electrons. The van der Waals surface area contributed by atoms with Crippen LogP contribution in [0.4, 0.5) is 13.2 Å². The molecule has 6 heteroatoms. The molecule has 0 bridgehead atoms. The number of rotatable bonds is 7. The van der Waals surface area contributed by atoms with E-state index in [1.165, 1.54) is 12.1 Å². The first-order chi connectivity index (χ1) is 9.49. The number of unbranched alkanes of at least 4 members (excludes halogenated alkanes) is 1. The molecule has 0 saturated heterocycles. The number of nitrogens with zero attached hydrogens (tertiary/aromatic N) is 1. The minimum absolute atomic E-state index is 0.230. The number of alkyl halides is 3. The van der Waals surface area contributed by atoms with E-state index in [0.717, 1.165) is 25.0 Å². The van der Waals surface area contributed by atoms with Crippen LogP contribution in [0.15, 0.2) is 18.2 Å². The Morgan fingerprint density at radius 1 is 1.20 bits per heavy atom. The molecule has 0 N–H and O–H groups in total. The second-order valence-corrected chi connectivity index (χ2v) is 4.13. The predicted octanol–water partition coefficient (Wildman–Crippen LogP) is 3.77. The Balaban J connectivity index is 2.55. The van der Waals surface area contributed by atoms with Crippen LogP contribution in [0.3, 0.4) is 0 Å². The summed E-state index contributed by atoms with van der Waals surface area (Å²) in [5, 5.41) is 8.74. The molecule has 0 atom stereocenters. The highest BCUT2D eigenvalue weighted by Crippen LogP contribution is 2.33. The van der Waals surface area contributed by atoms with Crippen LogP contribution in [0.5, 0.6) is 5.75 Å². The molecule has 0 aliphatic heterocycles. The summed E-state index contributed by atoms with van der Waals surface area (Å²) >= 11 is 0. The number of ether oxygens (including phenoxy) is 2. The molecule has 0 spiro atoms. The van der Waals surface area contributed by atoms with Crippen molar-refractivity contribution in [3.63, 3.8) is 0 Å². The standard InChI is InChI=1S/C14H16F3NO2/c1-2-3-6-19-7-8-20-12-4-5-13(14(15,16)17)11(9-12)10-18/h4-5,9H,2-3,6-8H2,1H3.